The van der Waals surface area contributed by atoms with Gasteiger partial charge in [0.1, 0.15) is 10.6 Å². The third-order valence-corrected chi connectivity index (χ3v) is 6.93. The van der Waals surface area contributed by atoms with Gasteiger partial charge in [-0.2, -0.15) is 4.31 Å². The number of aryl methyl sites for hydroxylation is 1. The monoisotopic (exact) mass is 389 g/mol. The summed E-state index contributed by atoms with van der Waals surface area (Å²) in [7, 11) is -1.82. The summed E-state index contributed by atoms with van der Waals surface area (Å²) in [6, 6.07) is 11.5. The van der Waals surface area contributed by atoms with Gasteiger partial charge in [-0.1, -0.05) is 37.3 Å². The van der Waals surface area contributed by atoms with Gasteiger partial charge >= 0.3 is 0 Å². The van der Waals surface area contributed by atoms with E-state index < -0.39 is 10.0 Å². The lowest BCUT2D eigenvalue weighted by molar-refractivity contribution is 0.0927. The van der Waals surface area contributed by atoms with Crippen molar-refractivity contribution in [2.45, 2.75) is 43.5 Å². The first kappa shape index (κ1) is 19.6. The molecule has 1 N–H and O–H groups in total. The average Bonchev–Trinajstić information content (AvgIpc) is 3.32. The van der Waals surface area contributed by atoms with E-state index in [1.807, 2.05) is 37.3 Å². The standard InChI is InChI=1S/C20H27N3O3S/c1-3-17(13-16-9-5-4-6-10-16)21-20(24)19-14-18(15-22(19)2)27(25,26)23-11-7-8-12-23/h4-6,9-10,14-15,17H,3,7-8,11-13H2,1-2H3,(H,21,24)/t17-/m0/s1. The Labute approximate surface area is 161 Å². The number of carbonyl (C=O) groups excluding carboxylic acids is 1. The van der Waals surface area contributed by atoms with E-state index in [9.17, 15) is 13.2 Å². The molecular weight excluding hydrogens is 362 g/mol. The molecule has 3 rings (SSSR count). The van der Waals surface area contributed by atoms with E-state index in [-0.39, 0.29) is 16.8 Å². The summed E-state index contributed by atoms with van der Waals surface area (Å²) >= 11 is 0. The minimum absolute atomic E-state index is 0.00607. The molecule has 0 spiro atoms. The summed E-state index contributed by atoms with van der Waals surface area (Å²) in [6.45, 7) is 3.13. The highest BCUT2D eigenvalue weighted by Crippen LogP contribution is 2.22. The molecule has 1 atom stereocenters. The number of aromatic nitrogens is 1. The van der Waals surface area contributed by atoms with Crippen molar-refractivity contribution in [3.05, 3.63) is 53.9 Å². The van der Waals surface area contributed by atoms with Crippen LogP contribution in [0.1, 0.15) is 42.2 Å². The zero-order valence-corrected chi connectivity index (χ0v) is 16.7. The molecule has 1 aliphatic rings. The molecule has 1 aliphatic heterocycles. The zero-order valence-electron chi connectivity index (χ0n) is 15.9. The van der Waals surface area contributed by atoms with Crippen molar-refractivity contribution in [1.29, 1.82) is 0 Å². The Hall–Kier alpha value is -2.12. The Kier molecular flexibility index (Phi) is 6.01. The first-order chi connectivity index (χ1) is 12.9. The third kappa shape index (κ3) is 4.42. The molecule has 1 saturated heterocycles. The van der Waals surface area contributed by atoms with Gasteiger partial charge in [-0.05, 0) is 37.3 Å². The van der Waals surface area contributed by atoms with Crippen LogP contribution in [0.25, 0.3) is 0 Å². The SMILES string of the molecule is CC[C@@H](Cc1ccccc1)NC(=O)c1cc(S(=O)(=O)N2CCCC2)cn1C. The van der Waals surface area contributed by atoms with E-state index in [0.717, 1.165) is 31.2 Å². The van der Waals surface area contributed by atoms with Crippen molar-refractivity contribution >= 4 is 15.9 Å². The number of sulfonamides is 1. The van der Waals surface area contributed by atoms with Crippen LogP contribution < -0.4 is 5.32 Å². The van der Waals surface area contributed by atoms with Gasteiger partial charge in [0.2, 0.25) is 10.0 Å². The number of rotatable bonds is 7. The predicted molar refractivity (Wildman–Crippen MR) is 105 cm³/mol. The summed E-state index contributed by atoms with van der Waals surface area (Å²) in [4.78, 5) is 12.9. The fourth-order valence-corrected chi connectivity index (χ4v) is 5.02. The van der Waals surface area contributed by atoms with Gasteiger partial charge in [0.05, 0.1) is 0 Å². The Balaban J connectivity index is 1.74. The maximum atomic E-state index is 12.7. The lowest BCUT2D eigenvalue weighted by Gasteiger charge is -2.17. The van der Waals surface area contributed by atoms with Crippen LogP contribution in [0.4, 0.5) is 0 Å². The number of hydrogen-bond donors (Lipinski definition) is 1. The highest BCUT2D eigenvalue weighted by Gasteiger charge is 2.29. The topological polar surface area (TPSA) is 71.4 Å². The Morgan fingerprint density at radius 2 is 1.85 bits per heavy atom. The minimum Gasteiger partial charge on any atom is -0.348 e. The first-order valence-corrected chi connectivity index (χ1v) is 10.9. The molecule has 1 fully saturated rings. The van der Waals surface area contributed by atoms with Crippen molar-refractivity contribution in [1.82, 2.24) is 14.2 Å². The summed E-state index contributed by atoms with van der Waals surface area (Å²) < 4.78 is 28.5. The first-order valence-electron chi connectivity index (χ1n) is 9.43. The number of hydrogen-bond acceptors (Lipinski definition) is 3. The molecule has 0 saturated carbocycles. The molecule has 1 amide bonds. The molecule has 27 heavy (non-hydrogen) atoms. The largest absolute Gasteiger partial charge is 0.348 e. The molecule has 0 radical (unpaired) electrons. The highest BCUT2D eigenvalue weighted by atomic mass is 32.2. The molecule has 0 bridgehead atoms. The van der Waals surface area contributed by atoms with Gasteiger partial charge in [-0.3, -0.25) is 4.79 Å². The van der Waals surface area contributed by atoms with Crippen LogP contribution in [0, 0.1) is 0 Å². The van der Waals surface area contributed by atoms with Crippen LogP contribution in [-0.4, -0.2) is 42.3 Å². The van der Waals surface area contributed by atoms with Crippen molar-refractivity contribution in [3.63, 3.8) is 0 Å². The summed E-state index contributed by atoms with van der Waals surface area (Å²) in [5.74, 6) is -0.247. The van der Waals surface area contributed by atoms with Crippen molar-refractivity contribution < 1.29 is 13.2 Å². The average molecular weight is 390 g/mol. The highest BCUT2D eigenvalue weighted by molar-refractivity contribution is 7.89. The van der Waals surface area contributed by atoms with Crippen LogP contribution >= 0.6 is 0 Å². The molecule has 2 heterocycles. The molecule has 6 nitrogen and oxygen atoms in total. The van der Waals surface area contributed by atoms with Gasteiger partial charge in [0.25, 0.3) is 5.91 Å². The van der Waals surface area contributed by atoms with Gasteiger partial charge in [-0.25, -0.2) is 8.42 Å². The van der Waals surface area contributed by atoms with Crippen LogP contribution in [0.5, 0.6) is 0 Å². The van der Waals surface area contributed by atoms with Gasteiger partial charge in [0.15, 0.2) is 0 Å². The summed E-state index contributed by atoms with van der Waals surface area (Å²) in [5, 5.41) is 3.04. The van der Waals surface area contributed by atoms with E-state index in [1.165, 1.54) is 16.6 Å². The lowest BCUT2D eigenvalue weighted by atomic mass is 10.0. The van der Waals surface area contributed by atoms with Crippen LogP contribution in [0.2, 0.25) is 0 Å². The molecule has 2 aromatic rings. The van der Waals surface area contributed by atoms with Crippen molar-refractivity contribution in [3.8, 4) is 0 Å². The number of amides is 1. The Bertz CT molecular complexity index is 884. The lowest BCUT2D eigenvalue weighted by Crippen LogP contribution is -2.36. The van der Waals surface area contributed by atoms with Crippen LogP contribution in [-0.2, 0) is 23.5 Å². The minimum atomic E-state index is -3.52. The maximum absolute atomic E-state index is 12.7. The Morgan fingerprint density at radius 1 is 1.19 bits per heavy atom. The molecule has 7 heteroatoms. The predicted octanol–water partition coefficient (Wildman–Crippen LogP) is 2.56. The molecule has 0 unspecified atom stereocenters. The number of nitrogens with one attached hydrogen (secondary N) is 1. The fraction of sp³-hybridized carbons (Fsp3) is 0.450. The van der Waals surface area contributed by atoms with E-state index >= 15 is 0 Å². The molecular formula is C20H27N3O3S. The Morgan fingerprint density at radius 3 is 2.48 bits per heavy atom. The molecule has 146 valence electrons. The van der Waals surface area contributed by atoms with Crippen molar-refractivity contribution in [2.24, 2.45) is 7.05 Å². The van der Waals surface area contributed by atoms with Crippen LogP contribution in [0.3, 0.4) is 0 Å². The second-order valence-corrected chi connectivity index (χ2v) is 8.99. The number of carbonyl (C=O) groups is 1. The van der Waals surface area contributed by atoms with E-state index in [1.54, 1.807) is 11.6 Å². The van der Waals surface area contributed by atoms with E-state index in [4.69, 9.17) is 0 Å². The normalized spacial score (nSPS) is 16.4. The molecule has 1 aromatic heterocycles. The van der Waals surface area contributed by atoms with E-state index in [0.29, 0.717) is 18.8 Å². The number of nitrogens with zero attached hydrogens (tertiary/aromatic N) is 2. The summed E-state index contributed by atoms with van der Waals surface area (Å²) in [5.41, 5.74) is 1.52. The van der Waals surface area contributed by atoms with E-state index in [2.05, 4.69) is 5.32 Å². The van der Waals surface area contributed by atoms with Gasteiger partial charge < -0.3 is 9.88 Å². The van der Waals surface area contributed by atoms with Gasteiger partial charge in [-0.15, -0.1) is 0 Å². The third-order valence-electron chi connectivity index (χ3n) is 5.07. The fourth-order valence-electron chi connectivity index (χ4n) is 3.43. The smallest absolute Gasteiger partial charge is 0.268 e. The van der Waals surface area contributed by atoms with Crippen LogP contribution in [0.15, 0.2) is 47.5 Å². The summed E-state index contributed by atoms with van der Waals surface area (Å²) in [6.07, 6.45) is 4.84. The number of benzene rings is 1. The molecule has 0 aliphatic carbocycles. The second-order valence-electron chi connectivity index (χ2n) is 7.05. The molecule has 1 aromatic carbocycles. The van der Waals surface area contributed by atoms with Gasteiger partial charge in [0, 0.05) is 32.4 Å². The maximum Gasteiger partial charge on any atom is 0.268 e. The quantitative estimate of drug-likeness (QED) is 0.791. The van der Waals surface area contributed by atoms with Crippen molar-refractivity contribution in [2.75, 3.05) is 13.1 Å². The zero-order chi connectivity index (χ0) is 19.4. The second kappa shape index (κ2) is 8.27.